The Bertz CT molecular complexity index is 819. The van der Waals surface area contributed by atoms with Gasteiger partial charge in [-0.15, -0.1) is 0 Å². The topological polar surface area (TPSA) is 30.2 Å². The Morgan fingerprint density at radius 3 is 1.28 bits per heavy atom. The van der Waals surface area contributed by atoms with E-state index in [1.165, 1.54) is 167 Å². The van der Waals surface area contributed by atoms with Crippen LogP contribution in [0.5, 0.6) is 0 Å². The van der Waals surface area contributed by atoms with Crippen molar-refractivity contribution >= 4 is 5.97 Å². The summed E-state index contributed by atoms with van der Waals surface area (Å²) in [6, 6.07) is 3.81. The molecule has 0 saturated heterocycles. The molecule has 266 valence electrons. The molecule has 0 fully saturated rings. The molecule has 0 aromatic carbocycles. The van der Waals surface area contributed by atoms with E-state index >= 15 is 0 Å². The molecule has 0 bridgehead atoms. The highest BCUT2D eigenvalue weighted by atomic mass is 35.5. The summed E-state index contributed by atoms with van der Waals surface area (Å²) in [7, 11) is 0. The SMILES string of the molecule is CCCCCCCC/C=C\CCCCCCCCOC(=O)c1cc[n+](CCCCCCCC/C=C\CCCCCCCC)cc1.[Cl-]. The van der Waals surface area contributed by atoms with Crippen LogP contribution in [0.15, 0.2) is 48.8 Å². The molecular weight excluding hydrogens is 586 g/mol. The molecule has 0 N–H and O–H groups in total. The molecule has 0 atom stereocenters. The van der Waals surface area contributed by atoms with E-state index in [2.05, 4.69) is 42.7 Å². The average Bonchev–Trinajstić information content (AvgIpc) is 3.06. The Balaban J connectivity index is 0.0000202. The van der Waals surface area contributed by atoms with Gasteiger partial charge in [0.05, 0.1) is 12.2 Å². The maximum atomic E-state index is 12.4. The summed E-state index contributed by atoms with van der Waals surface area (Å²) in [4.78, 5) is 12.4. The highest BCUT2D eigenvalue weighted by Crippen LogP contribution is 2.12. The standard InChI is InChI=1S/C42H74NO2.ClH/c1-3-5-7-9-11-13-15-17-19-21-23-25-27-29-31-33-37-43-38-35-41(36-39-43)42(44)45-40-34-32-30-28-26-24-22-20-18-16-14-12-10-8-6-4-2;/h17-20,35-36,38-39H,3-16,21-34,37,40H2,1-2H3;1H/q+1;/p-1/b19-17-,20-18-;. The van der Waals surface area contributed by atoms with Crippen molar-refractivity contribution in [2.75, 3.05) is 6.61 Å². The summed E-state index contributed by atoms with van der Waals surface area (Å²) in [6.07, 6.45) is 50.3. The van der Waals surface area contributed by atoms with Crippen molar-refractivity contribution in [3.8, 4) is 0 Å². The number of hydrogen-bond acceptors (Lipinski definition) is 2. The van der Waals surface area contributed by atoms with Gasteiger partial charge >= 0.3 is 5.97 Å². The molecule has 0 aliphatic carbocycles. The predicted octanol–water partition coefficient (Wildman–Crippen LogP) is 10.2. The zero-order valence-corrected chi connectivity index (χ0v) is 31.2. The number of halogens is 1. The second-order valence-corrected chi connectivity index (χ2v) is 13.3. The van der Waals surface area contributed by atoms with E-state index in [1.807, 2.05) is 24.5 Å². The van der Waals surface area contributed by atoms with E-state index in [0.29, 0.717) is 12.2 Å². The third kappa shape index (κ3) is 29.8. The number of esters is 1. The largest absolute Gasteiger partial charge is 1.00 e. The Morgan fingerprint density at radius 1 is 0.522 bits per heavy atom. The number of aromatic nitrogens is 1. The van der Waals surface area contributed by atoms with Gasteiger partial charge in [0.25, 0.3) is 0 Å². The molecule has 0 spiro atoms. The van der Waals surface area contributed by atoms with Crippen molar-refractivity contribution in [3.05, 3.63) is 54.4 Å². The first-order chi connectivity index (χ1) is 22.3. The molecule has 3 nitrogen and oxygen atoms in total. The molecule has 0 aliphatic rings. The first kappa shape index (κ1) is 44.4. The third-order valence-electron chi connectivity index (χ3n) is 8.94. The van der Waals surface area contributed by atoms with E-state index in [1.54, 1.807) is 0 Å². The molecule has 46 heavy (non-hydrogen) atoms. The van der Waals surface area contributed by atoms with Gasteiger partial charge in [-0.05, 0) is 64.2 Å². The monoisotopic (exact) mass is 660 g/mol. The number of carbonyl (C=O) groups excluding carboxylic acids is 1. The maximum Gasteiger partial charge on any atom is 0.338 e. The van der Waals surface area contributed by atoms with E-state index in [4.69, 9.17) is 4.74 Å². The second kappa shape index (κ2) is 36.2. The van der Waals surface area contributed by atoms with E-state index in [0.717, 1.165) is 19.4 Å². The molecular formula is C42H74ClNO2. The number of carbonyl (C=O) groups is 1. The van der Waals surface area contributed by atoms with Gasteiger partial charge in [0.1, 0.15) is 6.54 Å². The Labute approximate surface area is 292 Å². The van der Waals surface area contributed by atoms with Crippen LogP contribution in [0.25, 0.3) is 0 Å². The van der Waals surface area contributed by atoms with Gasteiger partial charge in [-0.2, -0.15) is 0 Å². The molecule has 1 aromatic rings. The van der Waals surface area contributed by atoms with Crippen LogP contribution in [0, 0.1) is 0 Å². The molecule has 1 rings (SSSR count). The van der Waals surface area contributed by atoms with Crippen LogP contribution in [0.4, 0.5) is 0 Å². The molecule has 0 saturated carbocycles. The van der Waals surface area contributed by atoms with Crippen molar-refractivity contribution < 1.29 is 26.5 Å². The van der Waals surface area contributed by atoms with E-state index in [9.17, 15) is 4.79 Å². The van der Waals surface area contributed by atoms with Crippen LogP contribution in [0.1, 0.15) is 204 Å². The van der Waals surface area contributed by atoms with Crippen LogP contribution in [-0.4, -0.2) is 12.6 Å². The summed E-state index contributed by atoms with van der Waals surface area (Å²) in [5.74, 6) is -0.188. The van der Waals surface area contributed by atoms with Gasteiger partial charge in [-0.3, -0.25) is 0 Å². The average molecular weight is 661 g/mol. The molecule has 0 unspecified atom stereocenters. The third-order valence-corrected chi connectivity index (χ3v) is 8.94. The molecule has 4 heteroatoms. The zero-order chi connectivity index (χ0) is 32.3. The minimum Gasteiger partial charge on any atom is -1.00 e. The van der Waals surface area contributed by atoms with Gasteiger partial charge in [-0.25, -0.2) is 9.36 Å². The van der Waals surface area contributed by atoms with Crippen molar-refractivity contribution in [1.82, 2.24) is 0 Å². The van der Waals surface area contributed by atoms with Crippen LogP contribution in [0.2, 0.25) is 0 Å². The number of allylic oxidation sites excluding steroid dienone is 4. The van der Waals surface area contributed by atoms with Gasteiger partial charge in [0.15, 0.2) is 12.4 Å². The van der Waals surface area contributed by atoms with Gasteiger partial charge in [0, 0.05) is 18.6 Å². The fourth-order valence-corrected chi connectivity index (χ4v) is 5.88. The summed E-state index contributed by atoms with van der Waals surface area (Å²) in [5.41, 5.74) is 0.664. The number of nitrogens with zero attached hydrogens (tertiary/aromatic N) is 1. The molecule has 1 aromatic heterocycles. The van der Waals surface area contributed by atoms with Gasteiger partial charge in [-0.1, -0.05) is 147 Å². The minimum atomic E-state index is -0.188. The highest BCUT2D eigenvalue weighted by molar-refractivity contribution is 5.88. The van der Waals surface area contributed by atoms with Crippen molar-refractivity contribution in [2.45, 2.75) is 200 Å². The minimum absolute atomic E-state index is 0. The van der Waals surface area contributed by atoms with Crippen molar-refractivity contribution in [2.24, 2.45) is 0 Å². The number of unbranched alkanes of at least 4 members (excludes halogenated alkanes) is 24. The molecule has 1 heterocycles. The number of pyridine rings is 1. The van der Waals surface area contributed by atoms with Crippen molar-refractivity contribution in [3.63, 3.8) is 0 Å². The Morgan fingerprint density at radius 2 is 0.870 bits per heavy atom. The van der Waals surface area contributed by atoms with Gasteiger partial charge in [0.2, 0.25) is 0 Å². The first-order valence-corrected chi connectivity index (χ1v) is 19.7. The number of hydrogen-bond donors (Lipinski definition) is 0. The van der Waals surface area contributed by atoms with Gasteiger partial charge < -0.3 is 17.1 Å². The normalized spacial score (nSPS) is 11.4. The summed E-state index contributed by atoms with van der Waals surface area (Å²) < 4.78 is 7.71. The molecule has 0 radical (unpaired) electrons. The fourth-order valence-electron chi connectivity index (χ4n) is 5.88. The van der Waals surface area contributed by atoms with Crippen LogP contribution < -0.4 is 17.0 Å². The van der Waals surface area contributed by atoms with Crippen LogP contribution in [0.3, 0.4) is 0 Å². The molecule has 0 amide bonds. The first-order valence-electron chi connectivity index (χ1n) is 19.7. The molecule has 0 aliphatic heterocycles. The lowest BCUT2D eigenvalue weighted by Gasteiger charge is -2.05. The summed E-state index contributed by atoms with van der Waals surface area (Å²) >= 11 is 0. The summed E-state index contributed by atoms with van der Waals surface area (Å²) in [6.45, 7) is 6.11. The van der Waals surface area contributed by atoms with E-state index < -0.39 is 0 Å². The second-order valence-electron chi connectivity index (χ2n) is 13.3. The zero-order valence-electron chi connectivity index (χ0n) is 30.5. The van der Waals surface area contributed by atoms with Crippen molar-refractivity contribution in [1.29, 1.82) is 0 Å². The lowest BCUT2D eigenvalue weighted by molar-refractivity contribution is -0.697. The maximum absolute atomic E-state index is 12.4. The van der Waals surface area contributed by atoms with Crippen LogP contribution in [-0.2, 0) is 11.3 Å². The lowest BCUT2D eigenvalue weighted by Crippen LogP contribution is -3.00. The number of aryl methyl sites for hydroxylation is 1. The smallest absolute Gasteiger partial charge is 0.338 e. The summed E-state index contributed by atoms with van der Waals surface area (Å²) in [5, 5.41) is 0. The fraction of sp³-hybridized carbons (Fsp3) is 0.762. The number of rotatable bonds is 33. The Kier molecular flexibility index (Phi) is 35.0. The Hall–Kier alpha value is -1.61. The highest BCUT2D eigenvalue weighted by Gasteiger charge is 2.09. The number of ether oxygens (including phenoxy) is 1. The predicted molar refractivity (Wildman–Crippen MR) is 196 cm³/mol. The lowest BCUT2D eigenvalue weighted by atomic mass is 10.1. The van der Waals surface area contributed by atoms with E-state index in [-0.39, 0.29) is 18.4 Å². The van der Waals surface area contributed by atoms with Crippen LogP contribution >= 0.6 is 0 Å². The quantitative estimate of drug-likeness (QED) is 0.0325.